The molecule has 0 aliphatic carbocycles. The molecule has 0 radical (unpaired) electrons. The maximum Gasteiger partial charge on any atom is 0.325 e. The molecule has 0 spiro atoms. The molecule has 8 nitrogen and oxygen atoms in total. The maximum absolute atomic E-state index is 11.8. The van der Waals surface area contributed by atoms with Crippen LogP contribution in [0.25, 0.3) is 10.9 Å². The van der Waals surface area contributed by atoms with Gasteiger partial charge in [-0.15, -0.1) is 0 Å². The zero-order valence-electron chi connectivity index (χ0n) is 13.5. The van der Waals surface area contributed by atoms with Gasteiger partial charge in [0.2, 0.25) is 0 Å². The number of hydrogen-bond acceptors (Lipinski definition) is 7. The fourth-order valence-corrected chi connectivity index (χ4v) is 2.77. The summed E-state index contributed by atoms with van der Waals surface area (Å²) >= 11 is 0. The molecule has 0 amide bonds. The lowest BCUT2D eigenvalue weighted by Gasteiger charge is -2.42. The first-order valence-corrected chi connectivity index (χ1v) is 7.52. The second-order valence-corrected chi connectivity index (χ2v) is 5.57. The van der Waals surface area contributed by atoms with Crippen LogP contribution in [0.1, 0.15) is 5.56 Å². The number of nitriles is 1. The van der Waals surface area contributed by atoms with Gasteiger partial charge in [-0.05, 0) is 12.1 Å². The number of methoxy groups -OCH3 is 2. The maximum atomic E-state index is 11.8. The number of ether oxygens (including phenoxy) is 3. The van der Waals surface area contributed by atoms with Gasteiger partial charge in [0, 0.05) is 31.8 Å². The average Bonchev–Trinajstić information content (AvgIpc) is 3.04. The van der Waals surface area contributed by atoms with E-state index >= 15 is 0 Å². The van der Waals surface area contributed by atoms with E-state index in [1.54, 1.807) is 19.4 Å². The van der Waals surface area contributed by atoms with Gasteiger partial charge >= 0.3 is 5.97 Å². The van der Waals surface area contributed by atoms with Gasteiger partial charge in [-0.25, -0.2) is 0 Å². The summed E-state index contributed by atoms with van der Waals surface area (Å²) in [6, 6.07) is 5.22. The van der Waals surface area contributed by atoms with Crippen molar-refractivity contribution in [1.29, 1.82) is 5.26 Å². The van der Waals surface area contributed by atoms with Crippen molar-refractivity contribution in [2.75, 3.05) is 33.9 Å². The quantitative estimate of drug-likeness (QED) is 0.778. The number of rotatable bonds is 6. The van der Waals surface area contributed by atoms with Crippen LogP contribution in [0.5, 0.6) is 5.75 Å². The zero-order chi connectivity index (χ0) is 17.1. The Morgan fingerprint density at radius 2 is 2.29 bits per heavy atom. The second-order valence-electron chi connectivity index (χ2n) is 5.57. The molecule has 1 fully saturated rings. The van der Waals surface area contributed by atoms with Crippen LogP contribution in [-0.4, -0.2) is 67.1 Å². The van der Waals surface area contributed by atoms with Crippen LogP contribution in [0.15, 0.2) is 18.3 Å². The molecular formula is C16H18N4O4. The lowest BCUT2D eigenvalue weighted by molar-refractivity contribution is -0.153. The van der Waals surface area contributed by atoms with Gasteiger partial charge in [0.1, 0.15) is 23.7 Å². The predicted molar refractivity (Wildman–Crippen MR) is 84.5 cm³/mol. The molecule has 1 aromatic carbocycles. The van der Waals surface area contributed by atoms with E-state index in [9.17, 15) is 10.1 Å². The summed E-state index contributed by atoms with van der Waals surface area (Å²) in [7, 11) is 2.90. The van der Waals surface area contributed by atoms with Crippen molar-refractivity contribution in [3.63, 3.8) is 0 Å². The van der Waals surface area contributed by atoms with E-state index < -0.39 is 6.04 Å². The Hall–Kier alpha value is -2.63. The highest BCUT2D eigenvalue weighted by Gasteiger charge is 2.38. The number of nitrogens with zero attached hydrogens (tertiary/aromatic N) is 3. The topological polar surface area (TPSA) is 100 Å². The molecule has 1 atom stereocenters. The minimum atomic E-state index is -0.448. The third-order valence-electron chi connectivity index (χ3n) is 4.08. The van der Waals surface area contributed by atoms with Crippen molar-refractivity contribution >= 4 is 16.9 Å². The largest absolute Gasteiger partial charge is 0.484 e. The number of hydrogen-bond donors (Lipinski definition) is 1. The van der Waals surface area contributed by atoms with Crippen molar-refractivity contribution in [3.05, 3.63) is 23.9 Å². The summed E-state index contributed by atoms with van der Waals surface area (Å²) in [6.45, 7) is 1.36. The monoisotopic (exact) mass is 330 g/mol. The van der Waals surface area contributed by atoms with Crippen LogP contribution in [0.4, 0.5) is 0 Å². The third-order valence-corrected chi connectivity index (χ3v) is 4.08. The summed E-state index contributed by atoms with van der Waals surface area (Å²) in [5, 5.41) is 17.1. The molecule has 0 saturated carbocycles. The average molecular weight is 330 g/mol. The number of fused-ring (bicyclic) bond motifs is 1. The van der Waals surface area contributed by atoms with Crippen LogP contribution < -0.4 is 4.74 Å². The van der Waals surface area contributed by atoms with Gasteiger partial charge in [0.25, 0.3) is 0 Å². The van der Waals surface area contributed by atoms with Crippen molar-refractivity contribution in [3.8, 4) is 11.8 Å². The van der Waals surface area contributed by atoms with E-state index in [1.807, 2.05) is 11.0 Å². The summed E-state index contributed by atoms with van der Waals surface area (Å²) in [5.41, 5.74) is 1.07. The van der Waals surface area contributed by atoms with Crippen LogP contribution in [0, 0.1) is 11.3 Å². The van der Waals surface area contributed by atoms with Crippen molar-refractivity contribution in [2.45, 2.75) is 12.1 Å². The minimum absolute atomic E-state index is 0.122. The number of carbonyl (C=O) groups is 1. The zero-order valence-corrected chi connectivity index (χ0v) is 13.5. The molecule has 8 heteroatoms. The number of nitrogens with one attached hydrogen (secondary N) is 1. The molecule has 2 heterocycles. The van der Waals surface area contributed by atoms with E-state index in [-0.39, 0.29) is 18.7 Å². The first kappa shape index (κ1) is 16.2. The fraction of sp³-hybridized carbons (Fsp3) is 0.438. The number of aromatic nitrogens is 2. The second kappa shape index (κ2) is 6.86. The van der Waals surface area contributed by atoms with Gasteiger partial charge in [-0.1, -0.05) is 0 Å². The Kier molecular flexibility index (Phi) is 4.64. The number of likely N-dealkylation sites (tertiary alicyclic amines) is 1. The Balaban J connectivity index is 1.71. The van der Waals surface area contributed by atoms with E-state index in [4.69, 9.17) is 14.2 Å². The van der Waals surface area contributed by atoms with Gasteiger partial charge in [-0.2, -0.15) is 10.4 Å². The number of H-pyrrole nitrogens is 1. The lowest BCUT2D eigenvalue weighted by Crippen LogP contribution is -2.61. The molecule has 1 aliphatic heterocycles. The van der Waals surface area contributed by atoms with Crippen LogP contribution in [0.3, 0.4) is 0 Å². The summed E-state index contributed by atoms with van der Waals surface area (Å²) in [5.74, 6) is 0.143. The van der Waals surface area contributed by atoms with Gasteiger partial charge in [0.05, 0.1) is 19.3 Å². The van der Waals surface area contributed by atoms with Gasteiger partial charge in [-0.3, -0.25) is 14.8 Å². The normalized spacial score (nSPS) is 16.4. The van der Waals surface area contributed by atoms with Crippen LogP contribution in [-0.2, 0) is 14.3 Å². The Morgan fingerprint density at radius 1 is 1.50 bits per heavy atom. The first-order valence-electron chi connectivity index (χ1n) is 7.52. The van der Waals surface area contributed by atoms with E-state index in [1.165, 1.54) is 7.11 Å². The Labute approximate surface area is 138 Å². The van der Waals surface area contributed by atoms with E-state index in [0.717, 1.165) is 5.39 Å². The molecule has 2 aromatic rings. The highest BCUT2D eigenvalue weighted by Crippen LogP contribution is 2.30. The number of carbonyl (C=O) groups excluding carboxylic acids is 1. The van der Waals surface area contributed by atoms with E-state index in [0.29, 0.717) is 29.9 Å². The summed E-state index contributed by atoms with van der Waals surface area (Å²) in [4.78, 5) is 13.7. The van der Waals surface area contributed by atoms with Crippen molar-refractivity contribution < 1.29 is 19.0 Å². The molecule has 1 N–H and O–H groups in total. The van der Waals surface area contributed by atoms with Crippen LogP contribution >= 0.6 is 0 Å². The smallest absolute Gasteiger partial charge is 0.325 e. The lowest BCUT2D eigenvalue weighted by atomic mass is 10.1. The minimum Gasteiger partial charge on any atom is -0.484 e. The van der Waals surface area contributed by atoms with Gasteiger partial charge in [0.15, 0.2) is 5.75 Å². The van der Waals surface area contributed by atoms with Crippen LogP contribution in [0.2, 0.25) is 0 Å². The highest BCUT2D eigenvalue weighted by atomic mass is 16.5. The fourth-order valence-electron chi connectivity index (χ4n) is 2.77. The standard InChI is InChI=1S/C16H18N4O4/c1-22-9-13(16(21)23-2)20-7-12(8-20)24-15-10(5-17)3-4-11-6-18-19-14(11)15/h3-4,6,12-13H,7-9H2,1-2H3,(H,18,19). The number of aromatic amines is 1. The summed E-state index contributed by atoms with van der Waals surface area (Å²) < 4.78 is 15.9. The predicted octanol–water partition coefficient (Wildman–Crippen LogP) is 0.686. The Bertz CT molecular complexity index is 776. The molecule has 1 aliphatic rings. The molecule has 3 rings (SSSR count). The molecule has 126 valence electrons. The number of benzene rings is 1. The number of esters is 1. The highest BCUT2D eigenvalue weighted by molar-refractivity contribution is 5.86. The van der Waals surface area contributed by atoms with Gasteiger partial charge < -0.3 is 14.2 Å². The molecule has 1 saturated heterocycles. The SMILES string of the molecule is COCC(C(=O)OC)N1CC(Oc2c(C#N)ccc3c[nH]nc23)C1. The molecule has 0 bridgehead atoms. The van der Waals surface area contributed by atoms with Crippen molar-refractivity contribution in [2.24, 2.45) is 0 Å². The third kappa shape index (κ3) is 2.91. The molecular weight excluding hydrogens is 312 g/mol. The Morgan fingerprint density at radius 3 is 2.96 bits per heavy atom. The molecule has 24 heavy (non-hydrogen) atoms. The first-order chi connectivity index (χ1) is 11.7. The molecule has 1 unspecified atom stereocenters. The molecule has 1 aromatic heterocycles. The van der Waals surface area contributed by atoms with Crippen molar-refractivity contribution in [1.82, 2.24) is 15.1 Å². The summed E-state index contributed by atoms with van der Waals surface area (Å²) in [6.07, 6.45) is 1.63. The van der Waals surface area contributed by atoms with E-state index in [2.05, 4.69) is 16.3 Å².